The number of hydrogen-bond donors (Lipinski definition) is 2. The minimum Gasteiger partial charge on any atom is -0.327 e. The molecule has 3 N–H and O–H groups in total. The highest BCUT2D eigenvalue weighted by atomic mass is 15.5. The third kappa shape index (κ3) is 4.73. The summed E-state index contributed by atoms with van der Waals surface area (Å²) in [6, 6.07) is 0.237. The molecule has 0 saturated heterocycles. The summed E-state index contributed by atoms with van der Waals surface area (Å²) < 4.78 is 0. The second kappa shape index (κ2) is 5.65. The van der Waals surface area contributed by atoms with Crippen LogP contribution in [0.4, 0.5) is 0 Å². The SMILES string of the molecule is CCN(CC)NCC(C)N. The molecule has 0 aliphatic heterocycles. The fourth-order valence-corrected chi connectivity index (χ4v) is 0.720. The minimum absolute atomic E-state index is 0.237. The van der Waals surface area contributed by atoms with Gasteiger partial charge in [0.15, 0.2) is 0 Å². The first-order valence-corrected chi connectivity index (χ1v) is 3.94. The van der Waals surface area contributed by atoms with Gasteiger partial charge in [-0.15, -0.1) is 0 Å². The summed E-state index contributed by atoms with van der Waals surface area (Å²) in [7, 11) is 0. The molecule has 0 aromatic carbocycles. The second-order valence-corrected chi connectivity index (χ2v) is 2.51. The summed E-state index contributed by atoms with van der Waals surface area (Å²) >= 11 is 0. The summed E-state index contributed by atoms with van der Waals surface area (Å²) in [5, 5.41) is 2.14. The Hall–Kier alpha value is -0.120. The van der Waals surface area contributed by atoms with Crippen molar-refractivity contribution in [1.29, 1.82) is 0 Å². The molecule has 3 heteroatoms. The number of nitrogens with two attached hydrogens (primary N) is 1. The van der Waals surface area contributed by atoms with E-state index in [1.54, 1.807) is 0 Å². The molecule has 0 radical (unpaired) electrons. The summed E-state index contributed by atoms with van der Waals surface area (Å²) in [6.07, 6.45) is 0. The molecule has 62 valence electrons. The summed E-state index contributed by atoms with van der Waals surface area (Å²) in [5.41, 5.74) is 8.79. The van der Waals surface area contributed by atoms with Crippen molar-refractivity contribution >= 4 is 0 Å². The predicted molar refractivity (Wildman–Crippen MR) is 44.6 cm³/mol. The molecule has 0 aromatic rings. The van der Waals surface area contributed by atoms with Crippen molar-refractivity contribution in [1.82, 2.24) is 10.4 Å². The first-order valence-electron chi connectivity index (χ1n) is 3.94. The number of nitrogens with zero attached hydrogens (tertiary/aromatic N) is 1. The molecule has 10 heavy (non-hydrogen) atoms. The van der Waals surface area contributed by atoms with E-state index in [1.165, 1.54) is 0 Å². The number of hydrazine groups is 1. The van der Waals surface area contributed by atoms with Gasteiger partial charge in [0, 0.05) is 25.7 Å². The van der Waals surface area contributed by atoms with Gasteiger partial charge in [-0.25, -0.2) is 5.01 Å². The summed E-state index contributed by atoms with van der Waals surface area (Å²) in [6.45, 7) is 9.17. The van der Waals surface area contributed by atoms with Gasteiger partial charge < -0.3 is 5.73 Å². The van der Waals surface area contributed by atoms with E-state index in [4.69, 9.17) is 5.73 Å². The second-order valence-electron chi connectivity index (χ2n) is 2.51. The molecule has 0 saturated carbocycles. The van der Waals surface area contributed by atoms with Crippen LogP contribution in [0.1, 0.15) is 20.8 Å². The van der Waals surface area contributed by atoms with E-state index >= 15 is 0 Å². The van der Waals surface area contributed by atoms with Crippen LogP contribution in [-0.4, -0.2) is 30.7 Å². The molecule has 1 atom stereocenters. The van der Waals surface area contributed by atoms with Crippen molar-refractivity contribution in [3.8, 4) is 0 Å². The smallest absolute Gasteiger partial charge is 0.0251 e. The molecule has 0 rings (SSSR count). The van der Waals surface area contributed by atoms with Crippen LogP contribution in [0.2, 0.25) is 0 Å². The van der Waals surface area contributed by atoms with E-state index in [0.29, 0.717) is 0 Å². The Morgan fingerprint density at radius 1 is 1.40 bits per heavy atom. The Morgan fingerprint density at radius 3 is 2.20 bits per heavy atom. The highest BCUT2D eigenvalue weighted by Gasteiger charge is 1.97. The van der Waals surface area contributed by atoms with E-state index in [-0.39, 0.29) is 6.04 Å². The van der Waals surface area contributed by atoms with Crippen LogP contribution >= 0.6 is 0 Å². The first kappa shape index (κ1) is 9.88. The quantitative estimate of drug-likeness (QED) is 0.542. The van der Waals surface area contributed by atoms with Crippen LogP contribution < -0.4 is 11.2 Å². The van der Waals surface area contributed by atoms with E-state index in [9.17, 15) is 0 Å². The van der Waals surface area contributed by atoms with E-state index in [2.05, 4.69) is 24.3 Å². The van der Waals surface area contributed by atoms with Crippen molar-refractivity contribution < 1.29 is 0 Å². The molecule has 0 amide bonds. The molecule has 3 nitrogen and oxygen atoms in total. The van der Waals surface area contributed by atoms with Crippen molar-refractivity contribution in [3.05, 3.63) is 0 Å². The Balaban J connectivity index is 3.26. The Labute approximate surface area is 63.5 Å². The highest BCUT2D eigenvalue weighted by molar-refractivity contribution is 4.55. The lowest BCUT2D eigenvalue weighted by Gasteiger charge is -2.20. The van der Waals surface area contributed by atoms with Crippen molar-refractivity contribution in [2.75, 3.05) is 19.6 Å². The molecule has 0 bridgehead atoms. The van der Waals surface area contributed by atoms with Crippen LogP contribution in [-0.2, 0) is 0 Å². The molecule has 0 aliphatic rings. The van der Waals surface area contributed by atoms with Gasteiger partial charge in [-0.05, 0) is 6.92 Å². The molecule has 0 heterocycles. The zero-order valence-electron chi connectivity index (χ0n) is 7.22. The van der Waals surface area contributed by atoms with Crippen LogP contribution in [0.3, 0.4) is 0 Å². The molecular formula is C7H19N3. The molecule has 0 spiro atoms. The van der Waals surface area contributed by atoms with E-state index in [1.807, 2.05) is 6.92 Å². The monoisotopic (exact) mass is 145 g/mol. The maximum atomic E-state index is 5.56. The average molecular weight is 145 g/mol. The summed E-state index contributed by atoms with van der Waals surface area (Å²) in [5.74, 6) is 0. The van der Waals surface area contributed by atoms with E-state index in [0.717, 1.165) is 19.6 Å². The molecule has 0 aromatic heterocycles. The number of nitrogens with one attached hydrogen (secondary N) is 1. The Bertz CT molecular complexity index is 69.3. The third-order valence-electron chi connectivity index (χ3n) is 1.40. The Kier molecular flexibility index (Phi) is 5.58. The van der Waals surface area contributed by atoms with Gasteiger partial charge in [-0.2, -0.15) is 0 Å². The minimum atomic E-state index is 0.237. The maximum Gasteiger partial charge on any atom is 0.0251 e. The van der Waals surface area contributed by atoms with Crippen LogP contribution in [0.5, 0.6) is 0 Å². The normalized spacial score (nSPS) is 14.1. The predicted octanol–water partition coefficient (Wildman–Crippen LogP) is 0.180. The molecular weight excluding hydrogens is 126 g/mol. The van der Waals surface area contributed by atoms with Crippen LogP contribution in [0.15, 0.2) is 0 Å². The van der Waals surface area contributed by atoms with Crippen LogP contribution in [0, 0.1) is 0 Å². The standard InChI is InChI=1S/C7H19N3/c1-4-10(5-2)9-6-7(3)8/h7,9H,4-6,8H2,1-3H3. The van der Waals surface area contributed by atoms with Crippen molar-refractivity contribution in [2.24, 2.45) is 5.73 Å². The number of rotatable bonds is 5. The van der Waals surface area contributed by atoms with Crippen LogP contribution in [0.25, 0.3) is 0 Å². The molecule has 0 fully saturated rings. The fourth-order valence-electron chi connectivity index (χ4n) is 0.720. The van der Waals surface area contributed by atoms with Gasteiger partial charge in [0.1, 0.15) is 0 Å². The lowest BCUT2D eigenvalue weighted by molar-refractivity contribution is 0.205. The lowest BCUT2D eigenvalue weighted by Crippen LogP contribution is -2.43. The van der Waals surface area contributed by atoms with Gasteiger partial charge in [-0.3, -0.25) is 5.43 Å². The highest BCUT2D eigenvalue weighted by Crippen LogP contribution is 1.79. The largest absolute Gasteiger partial charge is 0.327 e. The van der Waals surface area contributed by atoms with Crippen molar-refractivity contribution in [3.63, 3.8) is 0 Å². The van der Waals surface area contributed by atoms with Gasteiger partial charge in [0.25, 0.3) is 0 Å². The Morgan fingerprint density at radius 2 is 1.90 bits per heavy atom. The lowest BCUT2D eigenvalue weighted by atomic mass is 10.4. The maximum absolute atomic E-state index is 5.56. The number of hydrogen-bond acceptors (Lipinski definition) is 3. The molecule has 1 unspecified atom stereocenters. The zero-order chi connectivity index (χ0) is 7.98. The van der Waals surface area contributed by atoms with Gasteiger partial charge in [0.2, 0.25) is 0 Å². The van der Waals surface area contributed by atoms with Crippen molar-refractivity contribution in [2.45, 2.75) is 26.8 Å². The first-order chi connectivity index (χ1) is 4.70. The van der Waals surface area contributed by atoms with Gasteiger partial charge in [0.05, 0.1) is 0 Å². The summed E-state index contributed by atoms with van der Waals surface area (Å²) in [4.78, 5) is 0. The van der Waals surface area contributed by atoms with E-state index < -0.39 is 0 Å². The topological polar surface area (TPSA) is 41.3 Å². The third-order valence-corrected chi connectivity index (χ3v) is 1.40. The zero-order valence-corrected chi connectivity index (χ0v) is 7.22. The van der Waals surface area contributed by atoms with Gasteiger partial charge >= 0.3 is 0 Å². The average Bonchev–Trinajstić information content (AvgIpc) is 1.90. The van der Waals surface area contributed by atoms with Gasteiger partial charge in [-0.1, -0.05) is 13.8 Å². The fraction of sp³-hybridized carbons (Fsp3) is 1.00. The molecule has 0 aliphatic carbocycles.